The number of hydrogen-bond acceptors (Lipinski definition) is 5. The third-order valence-electron chi connectivity index (χ3n) is 4.46. The van der Waals surface area contributed by atoms with Gasteiger partial charge >= 0.3 is 5.69 Å². The van der Waals surface area contributed by atoms with Gasteiger partial charge in [-0.25, -0.2) is 9.78 Å². The maximum atomic E-state index is 12.9. The molecule has 1 N–H and O–H groups in total. The molecule has 0 fully saturated rings. The van der Waals surface area contributed by atoms with Gasteiger partial charge < -0.3 is 9.88 Å². The summed E-state index contributed by atoms with van der Waals surface area (Å²) in [5.74, 6) is -0.423. The molecule has 0 spiro atoms. The maximum Gasteiger partial charge on any atom is 0.332 e. The standard InChI is InChI=1S/C18H19N5O4/c1-10(15(25)12-5-7-13(8-6-12)20-11(2)24)23-9-19-16-14(23)17(26)22(4)18(27)21(16)3/h5-10H,1-4H3,(H,20,24). The van der Waals surface area contributed by atoms with E-state index in [4.69, 9.17) is 0 Å². The second-order valence-electron chi connectivity index (χ2n) is 6.33. The summed E-state index contributed by atoms with van der Waals surface area (Å²) < 4.78 is 3.73. The van der Waals surface area contributed by atoms with Gasteiger partial charge in [0.1, 0.15) is 0 Å². The largest absolute Gasteiger partial charge is 0.332 e. The van der Waals surface area contributed by atoms with Gasteiger partial charge in [0.15, 0.2) is 16.9 Å². The highest BCUT2D eigenvalue weighted by molar-refractivity contribution is 6.00. The Labute approximate surface area is 153 Å². The SMILES string of the molecule is CC(=O)Nc1ccc(C(=O)C(C)n2cnc3c2c(=O)n(C)c(=O)n3C)cc1. The van der Waals surface area contributed by atoms with E-state index >= 15 is 0 Å². The molecule has 1 aromatic carbocycles. The van der Waals surface area contributed by atoms with Crippen LogP contribution in [0.3, 0.4) is 0 Å². The molecule has 2 aromatic heterocycles. The Bertz CT molecular complexity index is 1170. The van der Waals surface area contributed by atoms with Crippen molar-refractivity contribution < 1.29 is 9.59 Å². The summed E-state index contributed by atoms with van der Waals surface area (Å²) in [5.41, 5.74) is 0.444. The fourth-order valence-corrected chi connectivity index (χ4v) is 2.95. The van der Waals surface area contributed by atoms with Crippen LogP contribution < -0.4 is 16.6 Å². The second kappa shape index (κ2) is 6.67. The fourth-order valence-electron chi connectivity index (χ4n) is 2.95. The van der Waals surface area contributed by atoms with E-state index in [1.54, 1.807) is 31.2 Å². The third kappa shape index (κ3) is 3.07. The molecule has 0 saturated carbocycles. The van der Waals surface area contributed by atoms with Crippen LogP contribution in [0.4, 0.5) is 5.69 Å². The summed E-state index contributed by atoms with van der Waals surface area (Å²) in [5, 5.41) is 2.64. The first-order valence-electron chi connectivity index (χ1n) is 8.26. The molecule has 9 nitrogen and oxygen atoms in total. The number of nitrogens with zero attached hydrogens (tertiary/aromatic N) is 4. The molecule has 3 rings (SSSR count). The minimum atomic E-state index is -0.702. The van der Waals surface area contributed by atoms with E-state index in [9.17, 15) is 19.2 Å². The van der Waals surface area contributed by atoms with E-state index in [-0.39, 0.29) is 22.9 Å². The number of rotatable bonds is 4. The van der Waals surface area contributed by atoms with Gasteiger partial charge in [0, 0.05) is 32.3 Å². The lowest BCUT2D eigenvalue weighted by Gasteiger charge is -2.14. The van der Waals surface area contributed by atoms with Crippen molar-refractivity contribution in [1.82, 2.24) is 18.7 Å². The summed E-state index contributed by atoms with van der Waals surface area (Å²) in [6, 6.07) is 5.78. The lowest BCUT2D eigenvalue weighted by molar-refractivity contribution is -0.114. The number of imidazole rings is 1. The van der Waals surface area contributed by atoms with Crippen LogP contribution in [-0.2, 0) is 18.9 Å². The monoisotopic (exact) mass is 369 g/mol. The first-order valence-corrected chi connectivity index (χ1v) is 8.26. The molecule has 1 amide bonds. The van der Waals surface area contributed by atoms with Gasteiger partial charge in [0.05, 0.1) is 12.4 Å². The zero-order chi connectivity index (χ0) is 19.9. The van der Waals surface area contributed by atoms with Gasteiger partial charge in [-0.2, -0.15) is 0 Å². The molecule has 1 unspecified atom stereocenters. The van der Waals surface area contributed by atoms with E-state index in [1.165, 1.54) is 36.5 Å². The van der Waals surface area contributed by atoms with Crippen LogP contribution in [-0.4, -0.2) is 30.4 Å². The number of carbonyl (C=O) groups is 2. The van der Waals surface area contributed by atoms with Crippen LogP contribution in [0.25, 0.3) is 11.2 Å². The third-order valence-corrected chi connectivity index (χ3v) is 4.46. The summed E-state index contributed by atoms with van der Waals surface area (Å²) in [6.07, 6.45) is 1.39. The van der Waals surface area contributed by atoms with E-state index in [1.807, 2.05) is 0 Å². The van der Waals surface area contributed by atoms with Gasteiger partial charge in [-0.05, 0) is 31.2 Å². The average Bonchev–Trinajstić information content (AvgIpc) is 3.09. The predicted octanol–water partition coefficient (Wildman–Crippen LogP) is 0.836. The molecule has 0 aliphatic rings. The number of hydrogen-bond donors (Lipinski definition) is 1. The number of anilines is 1. The van der Waals surface area contributed by atoms with Crippen molar-refractivity contribution >= 4 is 28.5 Å². The number of aromatic nitrogens is 4. The molecule has 2 heterocycles. The van der Waals surface area contributed by atoms with E-state index in [0.717, 1.165) is 4.57 Å². The van der Waals surface area contributed by atoms with Crippen molar-refractivity contribution in [3.8, 4) is 0 Å². The van der Waals surface area contributed by atoms with Gasteiger partial charge in [0.25, 0.3) is 5.56 Å². The van der Waals surface area contributed by atoms with Crippen molar-refractivity contribution in [3.05, 3.63) is 57.0 Å². The summed E-state index contributed by atoms with van der Waals surface area (Å²) >= 11 is 0. The Morgan fingerprint density at radius 3 is 2.30 bits per heavy atom. The highest BCUT2D eigenvalue weighted by atomic mass is 16.2. The van der Waals surface area contributed by atoms with Crippen LogP contribution >= 0.6 is 0 Å². The molecule has 3 aromatic rings. The molecule has 0 radical (unpaired) electrons. The number of amides is 1. The highest BCUT2D eigenvalue weighted by Crippen LogP contribution is 2.19. The Balaban J connectivity index is 2.02. The molecular weight excluding hydrogens is 350 g/mol. The minimum Gasteiger partial charge on any atom is -0.326 e. The van der Waals surface area contributed by atoms with Crippen LogP contribution in [0.15, 0.2) is 40.2 Å². The maximum absolute atomic E-state index is 12.9. The zero-order valence-corrected chi connectivity index (χ0v) is 15.4. The van der Waals surface area contributed by atoms with Crippen LogP contribution in [0.1, 0.15) is 30.2 Å². The Hall–Kier alpha value is -3.49. The Morgan fingerprint density at radius 2 is 1.70 bits per heavy atom. The number of aryl methyl sites for hydroxylation is 1. The number of benzene rings is 1. The summed E-state index contributed by atoms with van der Waals surface area (Å²) in [4.78, 5) is 52.6. The summed E-state index contributed by atoms with van der Waals surface area (Å²) in [6.45, 7) is 3.06. The fraction of sp³-hybridized carbons (Fsp3) is 0.278. The van der Waals surface area contributed by atoms with Gasteiger partial charge in [0.2, 0.25) is 5.91 Å². The zero-order valence-electron chi connectivity index (χ0n) is 15.4. The van der Waals surface area contributed by atoms with E-state index in [2.05, 4.69) is 10.3 Å². The molecule has 27 heavy (non-hydrogen) atoms. The number of ketones is 1. The predicted molar refractivity (Wildman–Crippen MR) is 100 cm³/mol. The molecule has 9 heteroatoms. The molecule has 0 bridgehead atoms. The molecule has 1 atom stereocenters. The first kappa shape index (κ1) is 18.3. The first-order chi connectivity index (χ1) is 12.7. The molecule has 0 saturated heterocycles. The van der Waals surface area contributed by atoms with Crippen LogP contribution in [0, 0.1) is 0 Å². The average molecular weight is 369 g/mol. The molecule has 0 aliphatic heterocycles. The Morgan fingerprint density at radius 1 is 1.07 bits per heavy atom. The van der Waals surface area contributed by atoms with Crippen molar-refractivity contribution in [2.24, 2.45) is 14.1 Å². The number of fused-ring (bicyclic) bond motifs is 1. The van der Waals surface area contributed by atoms with Crippen LogP contribution in [0.2, 0.25) is 0 Å². The van der Waals surface area contributed by atoms with E-state index < -0.39 is 17.3 Å². The van der Waals surface area contributed by atoms with E-state index in [0.29, 0.717) is 11.3 Å². The van der Waals surface area contributed by atoms with Gasteiger partial charge in [-0.1, -0.05) is 0 Å². The van der Waals surface area contributed by atoms with Gasteiger partial charge in [-0.3, -0.25) is 23.5 Å². The minimum absolute atomic E-state index is 0.190. The number of Topliss-reactive ketones (excluding diaryl/α,β-unsaturated/α-hetero) is 1. The van der Waals surface area contributed by atoms with Crippen molar-refractivity contribution in [1.29, 1.82) is 0 Å². The van der Waals surface area contributed by atoms with Gasteiger partial charge in [-0.15, -0.1) is 0 Å². The summed E-state index contributed by atoms with van der Waals surface area (Å²) in [7, 11) is 2.91. The number of nitrogens with one attached hydrogen (secondary N) is 1. The van der Waals surface area contributed by atoms with Crippen LogP contribution in [0.5, 0.6) is 0 Å². The molecular formula is C18H19N5O4. The molecule has 140 valence electrons. The smallest absolute Gasteiger partial charge is 0.326 e. The van der Waals surface area contributed by atoms with Crippen molar-refractivity contribution in [3.63, 3.8) is 0 Å². The van der Waals surface area contributed by atoms with Crippen molar-refractivity contribution in [2.45, 2.75) is 19.9 Å². The number of carbonyl (C=O) groups excluding carboxylic acids is 2. The lowest BCUT2D eigenvalue weighted by Crippen LogP contribution is -2.38. The Kier molecular flexibility index (Phi) is 4.52. The lowest BCUT2D eigenvalue weighted by atomic mass is 10.0. The highest BCUT2D eigenvalue weighted by Gasteiger charge is 2.22. The molecule has 0 aliphatic carbocycles. The quantitative estimate of drug-likeness (QED) is 0.686. The second-order valence-corrected chi connectivity index (χ2v) is 6.33. The normalized spacial score (nSPS) is 12.1. The topological polar surface area (TPSA) is 108 Å². The van der Waals surface area contributed by atoms with Crippen molar-refractivity contribution in [2.75, 3.05) is 5.32 Å².